The summed E-state index contributed by atoms with van der Waals surface area (Å²) in [4.78, 5) is 25.6. The fourth-order valence-corrected chi connectivity index (χ4v) is 3.84. The molecule has 4 N–H and O–H groups in total. The first-order chi connectivity index (χ1) is 14.5. The van der Waals surface area contributed by atoms with Gasteiger partial charge >= 0.3 is 0 Å². The molecule has 0 fully saturated rings. The van der Waals surface area contributed by atoms with Crippen molar-refractivity contribution in [2.45, 2.75) is 12.8 Å². The summed E-state index contributed by atoms with van der Waals surface area (Å²) in [5.41, 5.74) is 11.3. The van der Waals surface area contributed by atoms with Gasteiger partial charge in [-0.1, -0.05) is 12.1 Å². The molecule has 3 heterocycles. The molecule has 0 aliphatic carbocycles. The highest BCUT2D eigenvalue weighted by Gasteiger charge is 2.21. The Labute approximate surface area is 171 Å². The number of hydrogen-bond acceptors (Lipinski definition) is 5. The van der Waals surface area contributed by atoms with Crippen LogP contribution in [0.3, 0.4) is 0 Å². The second-order valence-electron chi connectivity index (χ2n) is 7.29. The van der Waals surface area contributed by atoms with Crippen molar-refractivity contribution < 1.29 is 9.18 Å². The number of aromatic amines is 1. The van der Waals surface area contributed by atoms with E-state index < -0.39 is 0 Å². The minimum atomic E-state index is -0.296. The Bertz CT molecular complexity index is 1280. The third kappa shape index (κ3) is 3.02. The first kappa shape index (κ1) is 18.1. The van der Waals surface area contributed by atoms with Gasteiger partial charge in [0, 0.05) is 36.6 Å². The lowest BCUT2D eigenvalue weighted by Gasteiger charge is -2.26. The van der Waals surface area contributed by atoms with Crippen molar-refractivity contribution >= 4 is 40.1 Å². The molecule has 8 heteroatoms. The molecule has 30 heavy (non-hydrogen) atoms. The Hall–Kier alpha value is -3.94. The molecule has 2 aromatic carbocycles. The van der Waals surface area contributed by atoms with Crippen LogP contribution in [-0.2, 0) is 11.2 Å². The summed E-state index contributed by atoms with van der Waals surface area (Å²) in [6.45, 7) is 0. The number of nitrogens with zero attached hydrogens (tertiary/aromatic N) is 3. The number of nitrogen functional groups attached to an aromatic ring is 1. The number of benzene rings is 2. The lowest BCUT2D eigenvalue weighted by Crippen LogP contribution is -2.31. The van der Waals surface area contributed by atoms with Crippen LogP contribution < -0.4 is 16.0 Å². The second kappa shape index (κ2) is 6.84. The Morgan fingerprint density at radius 2 is 1.93 bits per heavy atom. The summed E-state index contributed by atoms with van der Waals surface area (Å²) in [6, 6.07) is 12.0. The Balaban J connectivity index is 1.48. The van der Waals surface area contributed by atoms with Gasteiger partial charge in [0.2, 0.25) is 11.9 Å². The molecule has 0 bridgehead atoms. The highest BCUT2D eigenvalue weighted by atomic mass is 19.1. The average molecular weight is 402 g/mol. The summed E-state index contributed by atoms with van der Waals surface area (Å²) in [5, 5.41) is 3.89. The van der Waals surface area contributed by atoms with Crippen molar-refractivity contribution in [2.24, 2.45) is 0 Å². The Morgan fingerprint density at radius 3 is 2.73 bits per heavy atom. The van der Waals surface area contributed by atoms with E-state index in [4.69, 9.17) is 5.73 Å². The molecule has 2 aromatic heterocycles. The van der Waals surface area contributed by atoms with Crippen molar-refractivity contribution in [3.8, 4) is 11.1 Å². The number of rotatable bonds is 3. The second-order valence-corrected chi connectivity index (χ2v) is 7.29. The van der Waals surface area contributed by atoms with Crippen LogP contribution in [0, 0.1) is 5.82 Å². The molecule has 0 saturated carbocycles. The van der Waals surface area contributed by atoms with Crippen LogP contribution >= 0.6 is 0 Å². The molecule has 0 saturated heterocycles. The molecule has 0 unspecified atom stereocenters. The number of anilines is 4. The summed E-state index contributed by atoms with van der Waals surface area (Å²) in [7, 11) is 1.79. The van der Waals surface area contributed by atoms with Crippen molar-refractivity contribution in [1.29, 1.82) is 0 Å². The highest BCUT2D eigenvalue weighted by Crippen LogP contribution is 2.33. The number of carbonyl (C=O) groups excluding carboxylic acids is 1. The fourth-order valence-electron chi connectivity index (χ4n) is 3.84. The number of aryl methyl sites for hydroxylation is 1. The number of amides is 1. The van der Waals surface area contributed by atoms with E-state index in [9.17, 15) is 9.18 Å². The zero-order valence-corrected chi connectivity index (χ0v) is 16.2. The summed E-state index contributed by atoms with van der Waals surface area (Å²) in [5.74, 6) is 0.516. The zero-order chi connectivity index (χ0) is 20.8. The van der Waals surface area contributed by atoms with E-state index in [-0.39, 0.29) is 11.7 Å². The van der Waals surface area contributed by atoms with Gasteiger partial charge < -0.3 is 20.9 Å². The van der Waals surface area contributed by atoms with Crippen LogP contribution in [0.2, 0.25) is 0 Å². The Kier molecular flexibility index (Phi) is 4.13. The van der Waals surface area contributed by atoms with E-state index >= 15 is 0 Å². The standard InChI is InChI=1S/C22H19FN6O/c1-29-17-8-7-15(10-13(17)4-9-18(29)30)26-22-27-20(24)19-16(11-25-21(19)28-22)12-2-5-14(23)6-3-12/h2-3,5-8,10-11H,4,9H2,1H3,(H4,24,25,26,27,28). The van der Waals surface area contributed by atoms with Crippen molar-refractivity contribution in [1.82, 2.24) is 15.0 Å². The first-order valence-electron chi connectivity index (χ1n) is 9.56. The molecular weight excluding hydrogens is 383 g/mol. The van der Waals surface area contributed by atoms with E-state index in [0.29, 0.717) is 35.6 Å². The molecule has 0 spiro atoms. The Morgan fingerprint density at radius 1 is 1.13 bits per heavy atom. The first-order valence-corrected chi connectivity index (χ1v) is 9.56. The van der Waals surface area contributed by atoms with Gasteiger partial charge in [-0.3, -0.25) is 4.79 Å². The van der Waals surface area contributed by atoms with Gasteiger partial charge in [-0.15, -0.1) is 0 Å². The minimum Gasteiger partial charge on any atom is -0.383 e. The topological polar surface area (TPSA) is 99.9 Å². The number of nitrogens with two attached hydrogens (primary N) is 1. The minimum absolute atomic E-state index is 0.119. The monoisotopic (exact) mass is 402 g/mol. The van der Waals surface area contributed by atoms with Crippen LogP contribution in [-0.4, -0.2) is 27.9 Å². The van der Waals surface area contributed by atoms with Crippen LogP contribution in [0.5, 0.6) is 0 Å². The van der Waals surface area contributed by atoms with Crippen LogP contribution in [0.25, 0.3) is 22.2 Å². The van der Waals surface area contributed by atoms with Gasteiger partial charge in [0.05, 0.1) is 5.39 Å². The average Bonchev–Trinajstić information content (AvgIpc) is 3.16. The number of nitrogens with one attached hydrogen (secondary N) is 2. The lowest BCUT2D eigenvalue weighted by molar-refractivity contribution is -0.118. The molecular formula is C22H19FN6O. The SMILES string of the molecule is CN1C(=O)CCc2cc(Nc3nc(N)c4c(-c5ccc(F)cc5)c[nH]c4n3)ccc21. The molecule has 7 nitrogen and oxygen atoms in total. The lowest BCUT2D eigenvalue weighted by atomic mass is 10.0. The maximum absolute atomic E-state index is 13.2. The van der Waals surface area contributed by atoms with Gasteiger partial charge in [-0.2, -0.15) is 9.97 Å². The van der Waals surface area contributed by atoms with E-state index in [0.717, 1.165) is 28.1 Å². The third-order valence-electron chi connectivity index (χ3n) is 5.39. The summed E-state index contributed by atoms with van der Waals surface area (Å²) in [6.07, 6.45) is 2.99. The normalized spacial score (nSPS) is 13.5. The maximum atomic E-state index is 13.2. The molecule has 0 atom stereocenters. The number of hydrogen-bond donors (Lipinski definition) is 3. The molecule has 1 aliphatic heterocycles. The van der Waals surface area contributed by atoms with Gasteiger partial charge in [0.1, 0.15) is 17.3 Å². The van der Waals surface area contributed by atoms with E-state index in [1.807, 2.05) is 18.2 Å². The zero-order valence-electron chi connectivity index (χ0n) is 16.2. The van der Waals surface area contributed by atoms with Crippen LogP contribution in [0.4, 0.5) is 27.5 Å². The predicted molar refractivity (Wildman–Crippen MR) is 115 cm³/mol. The number of aromatic nitrogens is 3. The van der Waals surface area contributed by atoms with Gasteiger partial charge in [0.25, 0.3) is 0 Å². The van der Waals surface area contributed by atoms with Gasteiger partial charge in [0.15, 0.2) is 0 Å². The largest absolute Gasteiger partial charge is 0.383 e. The number of carbonyl (C=O) groups is 1. The maximum Gasteiger partial charge on any atom is 0.231 e. The van der Waals surface area contributed by atoms with Gasteiger partial charge in [-0.05, 0) is 47.9 Å². The molecule has 1 amide bonds. The third-order valence-corrected chi connectivity index (χ3v) is 5.39. The summed E-state index contributed by atoms with van der Waals surface area (Å²) < 4.78 is 13.2. The predicted octanol–water partition coefficient (Wildman–Crippen LogP) is 4.00. The number of fused-ring (bicyclic) bond motifs is 2. The van der Waals surface area contributed by atoms with Crippen LogP contribution in [0.15, 0.2) is 48.7 Å². The van der Waals surface area contributed by atoms with Crippen molar-refractivity contribution in [3.63, 3.8) is 0 Å². The quantitative estimate of drug-likeness (QED) is 0.481. The molecule has 1 aliphatic rings. The molecule has 5 rings (SSSR count). The van der Waals surface area contributed by atoms with E-state index in [1.54, 1.807) is 30.3 Å². The van der Waals surface area contributed by atoms with Crippen LogP contribution in [0.1, 0.15) is 12.0 Å². The number of H-pyrrole nitrogens is 1. The van der Waals surface area contributed by atoms with Crippen molar-refractivity contribution in [2.75, 3.05) is 23.0 Å². The van der Waals surface area contributed by atoms with Gasteiger partial charge in [-0.25, -0.2) is 4.39 Å². The molecule has 0 radical (unpaired) electrons. The molecule has 4 aromatic rings. The fraction of sp³-hybridized carbons (Fsp3) is 0.136. The highest BCUT2D eigenvalue weighted by molar-refractivity contribution is 6.01. The number of halogens is 1. The smallest absolute Gasteiger partial charge is 0.231 e. The molecule has 150 valence electrons. The van der Waals surface area contributed by atoms with Crippen molar-refractivity contribution in [3.05, 3.63) is 60.0 Å². The summed E-state index contributed by atoms with van der Waals surface area (Å²) >= 11 is 0. The van der Waals surface area contributed by atoms with E-state index in [2.05, 4.69) is 20.3 Å². The van der Waals surface area contributed by atoms with E-state index in [1.165, 1.54) is 12.1 Å².